The second-order valence-electron chi connectivity index (χ2n) is 8.58. The third-order valence-electron chi connectivity index (χ3n) is 5.73. The zero-order valence-corrected chi connectivity index (χ0v) is 21.6. The van der Waals surface area contributed by atoms with Gasteiger partial charge in [0.15, 0.2) is 16.9 Å². The molecule has 0 bridgehead atoms. The van der Waals surface area contributed by atoms with Gasteiger partial charge < -0.3 is 4.57 Å². The van der Waals surface area contributed by atoms with Gasteiger partial charge in [-0.25, -0.2) is 28.0 Å². The molecular weight excluding hydrogens is 539 g/mol. The second kappa shape index (κ2) is 9.99. The van der Waals surface area contributed by atoms with Gasteiger partial charge in [0, 0.05) is 19.7 Å². The predicted octanol–water partition coefficient (Wildman–Crippen LogP) is 2.47. The first kappa shape index (κ1) is 27.5. The zero-order valence-electron chi connectivity index (χ0n) is 20.8. The SMILES string of the molecule is Cc1ccc(-c2cc(C(F)(F)F)nn2-c2ccc(S(N)(=O)=O)cc2)cc1.Cn1cnc2c1c(=O)[nH]c(=O)n2C. The highest BCUT2D eigenvalue weighted by atomic mass is 32.2. The van der Waals surface area contributed by atoms with Crippen LogP contribution in [0, 0.1) is 6.92 Å². The highest BCUT2D eigenvalue weighted by Gasteiger charge is 2.35. The van der Waals surface area contributed by atoms with Gasteiger partial charge in [0.05, 0.1) is 22.6 Å². The number of nitrogens with two attached hydrogens (primary N) is 1. The molecule has 0 aliphatic rings. The van der Waals surface area contributed by atoms with Gasteiger partial charge in [-0.05, 0) is 37.3 Å². The van der Waals surface area contributed by atoms with Crippen LogP contribution in [0.2, 0.25) is 0 Å². The number of benzene rings is 2. The van der Waals surface area contributed by atoms with Gasteiger partial charge in [-0.1, -0.05) is 29.8 Å². The van der Waals surface area contributed by atoms with E-state index in [0.717, 1.165) is 16.3 Å². The lowest BCUT2D eigenvalue weighted by atomic mass is 10.1. The van der Waals surface area contributed by atoms with Crippen LogP contribution in [0.4, 0.5) is 13.2 Å². The molecule has 5 aromatic rings. The Morgan fingerprint density at radius 1 is 0.974 bits per heavy atom. The molecule has 3 heterocycles. The van der Waals surface area contributed by atoms with Crippen LogP contribution >= 0.6 is 0 Å². The molecule has 0 radical (unpaired) electrons. The van der Waals surface area contributed by atoms with Crippen LogP contribution in [0.15, 0.2) is 75.4 Å². The lowest BCUT2D eigenvalue weighted by Gasteiger charge is -2.09. The number of rotatable bonds is 3. The van der Waals surface area contributed by atoms with Gasteiger partial charge in [-0.15, -0.1) is 0 Å². The van der Waals surface area contributed by atoms with Crippen molar-refractivity contribution in [1.29, 1.82) is 0 Å². The largest absolute Gasteiger partial charge is 0.435 e. The summed E-state index contributed by atoms with van der Waals surface area (Å²) in [6.07, 6.45) is -3.11. The monoisotopic (exact) mass is 561 g/mol. The van der Waals surface area contributed by atoms with Crippen LogP contribution < -0.4 is 16.4 Å². The van der Waals surface area contributed by atoms with E-state index in [9.17, 15) is 31.2 Å². The Balaban J connectivity index is 0.000000226. The van der Waals surface area contributed by atoms with Crippen molar-refractivity contribution < 1.29 is 21.6 Å². The average Bonchev–Trinajstić information content (AvgIpc) is 3.48. The fourth-order valence-corrected chi connectivity index (χ4v) is 4.20. The molecule has 3 aromatic heterocycles. The molecule has 0 unspecified atom stereocenters. The number of alkyl halides is 3. The van der Waals surface area contributed by atoms with Gasteiger partial charge in [-0.3, -0.25) is 14.3 Å². The Morgan fingerprint density at radius 3 is 2.15 bits per heavy atom. The molecule has 0 saturated carbocycles. The van der Waals surface area contributed by atoms with Gasteiger partial charge >= 0.3 is 11.9 Å². The second-order valence-corrected chi connectivity index (χ2v) is 10.1. The molecule has 39 heavy (non-hydrogen) atoms. The maximum atomic E-state index is 13.1. The topological polar surface area (TPSA) is 151 Å². The molecule has 0 saturated heterocycles. The number of aromatic amines is 1. The minimum absolute atomic E-state index is 0.138. The molecule has 5 rings (SSSR count). The highest BCUT2D eigenvalue weighted by molar-refractivity contribution is 7.89. The summed E-state index contributed by atoms with van der Waals surface area (Å²) in [6.45, 7) is 1.87. The molecule has 15 heteroatoms. The molecule has 204 valence electrons. The minimum atomic E-state index is -4.61. The van der Waals surface area contributed by atoms with Gasteiger partial charge in [0.2, 0.25) is 10.0 Å². The Morgan fingerprint density at radius 2 is 1.59 bits per heavy atom. The van der Waals surface area contributed by atoms with E-state index in [1.807, 2.05) is 6.92 Å². The lowest BCUT2D eigenvalue weighted by Crippen LogP contribution is -2.28. The van der Waals surface area contributed by atoms with Gasteiger partial charge in [-0.2, -0.15) is 18.3 Å². The summed E-state index contributed by atoms with van der Waals surface area (Å²) in [5.41, 5.74) is 0.947. The standard InChI is InChI=1S/C17H14F3N3O2S.C7H8N4O2/c1-11-2-4-12(5-3-11)15-10-16(17(18,19)20)22-23(15)13-6-8-14(9-7-13)26(21,24)25;1-10-3-8-5-4(10)6(12)9-7(13)11(5)2/h2-10H,1H3,(H2,21,24,25);3H,1-2H3,(H,9,12,13). The third kappa shape index (κ3) is 5.68. The number of aromatic nitrogens is 6. The summed E-state index contributed by atoms with van der Waals surface area (Å²) in [5.74, 6) is 0. The molecule has 0 amide bonds. The van der Waals surface area contributed by atoms with Crippen molar-refractivity contribution in [3.8, 4) is 16.9 Å². The van der Waals surface area contributed by atoms with Gasteiger partial charge in [0.1, 0.15) is 0 Å². The van der Waals surface area contributed by atoms with Crippen molar-refractivity contribution in [1.82, 2.24) is 28.9 Å². The fourth-order valence-electron chi connectivity index (χ4n) is 3.68. The molecular formula is C24H22F3N7O4S. The van der Waals surface area contributed by atoms with E-state index in [1.165, 1.54) is 35.2 Å². The lowest BCUT2D eigenvalue weighted by molar-refractivity contribution is -0.141. The van der Waals surface area contributed by atoms with E-state index >= 15 is 0 Å². The highest BCUT2D eigenvalue weighted by Crippen LogP contribution is 2.33. The maximum absolute atomic E-state index is 13.1. The quantitative estimate of drug-likeness (QED) is 0.346. The summed E-state index contributed by atoms with van der Waals surface area (Å²) in [6, 6.07) is 13.1. The first-order valence-electron chi connectivity index (χ1n) is 11.1. The van der Waals surface area contributed by atoms with Crippen molar-refractivity contribution in [2.75, 3.05) is 0 Å². The number of imidazole rings is 1. The molecule has 0 aliphatic carbocycles. The summed E-state index contributed by atoms with van der Waals surface area (Å²) in [5, 5.41) is 8.70. The van der Waals surface area contributed by atoms with Crippen molar-refractivity contribution in [3.05, 3.63) is 93.0 Å². The number of nitrogens with one attached hydrogen (secondary N) is 1. The van der Waals surface area contributed by atoms with Crippen molar-refractivity contribution >= 4 is 21.2 Å². The van der Waals surface area contributed by atoms with Crippen LogP contribution in [0.3, 0.4) is 0 Å². The molecule has 3 N–H and O–H groups in total. The number of sulfonamides is 1. The Kier molecular flexibility index (Phi) is 7.06. The van der Waals surface area contributed by atoms with E-state index in [0.29, 0.717) is 16.7 Å². The summed E-state index contributed by atoms with van der Waals surface area (Å²) < 4.78 is 66.1. The third-order valence-corrected chi connectivity index (χ3v) is 6.66. The molecule has 0 spiro atoms. The van der Waals surface area contributed by atoms with E-state index in [2.05, 4.69) is 15.1 Å². The smallest absolute Gasteiger partial charge is 0.328 e. The van der Waals surface area contributed by atoms with Crippen molar-refractivity contribution in [2.45, 2.75) is 18.0 Å². The molecule has 0 fully saturated rings. The minimum Gasteiger partial charge on any atom is -0.328 e. The summed E-state index contributed by atoms with van der Waals surface area (Å²) in [7, 11) is -0.630. The number of fused-ring (bicyclic) bond motifs is 1. The number of hydrogen-bond acceptors (Lipinski definition) is 6. The van der Waals surface area contributed by atoms with Crippen LogP contribution in [0.1, 0.15) is 11.3 Å². The zero-order chi connectivity index (χ0) is 28.7. The first-order valence-corrected chi connectivity index (χ1v) is 12.7. The van der Waals surface area contributed by atoms with Crippen LogP contribution in [-0.4, -0.2) is 37.3 Å². The van der Waals surface area contributed by atoms with Crippen LogP contribution in [0.5, 0.6) is 0 Å². The normalized spacial score (nSPS) is 11.9. The molecule has 2 aromatic carbocycles. The van der Waals surface area contributed by atoms with Gasteiger partial charge in [0.25, 0.3) is 5.56 Å². The summed E-state index contributed by atoms with van der Waals surface area (Å²) >= 11 is 0. The number of H-pyrrole nitrogens is 1. The van der Waals surface area contributed by atoms with Crippen molar-refractivity contribution in [2.24, 2.45) is 19.2 Å². The fraction of sp³-hybridized carbons (Fsp3) is 0.167. The number of primary sulfonamides is 1. The number of nitrogens with zero attached hydrogens (tertiary/aromatic N) is 5. The Bertz CT molecular complexity index is 1880. The van der Waals surface area contributed by atoms with E-state index in [4.69, 9.17) is 5.14 Å². The van der Waals surface area contributed by atoms with Crippen molar-refractivity contribution in [3.63, 3.8) is 0 Å². The number of aryl methyl sites for hydroxylation is 3. The number of halogens is 3. The Hall–Kier alpha value is -4.50. The average molecular weight is 562 g/mol. The first-order chi connectivity index (χ1) is 18.2. The number of hydrogen-bond donors (Lipinski definition) is 2. The molecule has 0 atom stereocenters. The maximum Gasteiger partial charge on any atom is 0.435 e. The summed E-state index contributed by atoms with van der Waals surface area (Å²) in [4.78, 5) is 28.4. The Labute approximate surface area is 219 Å². The van der Waals surface area contributed by atoms with E-state index < -0.39 is 33.1 Å². The molecule has 0 aliphatic heterocycles. The molecule has 11 nitrogen and oxygen atoms in total. The van der Waals surface area contributed by atoms with Crippen LogP contribution in [-0.2, 0) is 30.3 Å². The van der Waals surface area contributed by atoms with E-state index in [1.54, 1.807) is 42.9 Å². The van der Waals surface area contributed by atoms with E-state index in [-0.39, 0.29) is 16.3 Å². The predicted molar refractivity (Wildman–Crippen MR) is 137 cm³/mol. The van der Waals surface area contributed by atoms with Crippen LogP contribution in [0.25, 0.3) is 28.1 Å².